The third-order valence-corrected chi connectivity index (χ3v) is 4.05. The topological polar surface area (TPSA) is 94.6 Å². The summed E-state index contributed by atoms with van der Waals surface area (Å²) >= 11 is 5.84. The molecule has 1 aromatic heterocycles. The molecule has 134 valence electrons. The molecule has 0 unspecified atom stereocenters. The number of para-hydroxylation sites is 1. The minimum Gasteiger partial charge on any atom is -0.459 e. The summed E-state index contributed by atoms with van der Waals surface area (Å²) in [5.74, 6) is -0.548. The maximum Gasteiger partial charge on any atom is 0.340 e. The Labute approximate surface area is 154 Å². The lowest BCUT2D eigenvalue weighted by atomic mass is 10.2. The number of nitrogen functional groups attached to an aromatic ring is 1. The van der Waals surface area contributed by atoms with Crippen molar-refractivity contribution in [3.63, 3.8) is 0 Å². The van der Waals surface area contributed by atoms with E-state index in [0.717, 1.165) is 11.0 Å². The molecule has 0 fully saturated rings. The van der Waals surface area contributed by atoms with Gasteiger partial charge in [0, 0.05) is 16.1 Å². The minimum atomic E-state index is -0.712. The molecular formula is C19H17ClN2O4. The number of carbonyl (C=O) groups is 2. The molecular weight excluding hydrogens is 356 g/mol. The van der Waals surface area contributed by atoms with Gasteiger partial charge in [-0.2, -0.15) is 0 Å². The zero-order valence-corrected chi connectivity index (χ0v) is 14.7. The van der Waals surface area contributed by atoms with Gasteiger partial charge in [0.25, 0.3) is 5.91 Å². The van der Waals surface area contributed by atoms with Crippen LogP contribution in [0.1, 0.15) is 29.1 Å². The lowest BCUT2D eigenvalue weighted by Gasteiger charge is -2.12. The number of ether oxygens (including phenoxy) is 1. The second kappa shape index (κ2) is 7.49. The molecule has 1 heterocycles. The van der Waals surface area contributed by atoms with Gasteiger partial charge >= 0.3 is 5.97 Å². The van der Waals surface area contributed by atoms with Crippen LogP contribution in [0.2, 0.25) is 5.02 Å². The highest BCUT2D eigenvalue weighted by Crippen LogP contribution is 2.23. The minimum absolute atomic E-state index is 0.121. The number of nitrogens with one attached hydrogen (secondary N) is 1. The summed E-state index contributed by atoms with van der Waals surface area (Å²) in [4.78, 5) is 24.1. The first-order chi connectivity index (χ1) is 12.4. The third-order valence-electron chi connectivity index (χ3n) is 3.82. The normalized spacial score (nSPS) is 11.9. The number of nitrogens with two attached hydrogens (primary N) is 1. The molecule has 0 saturated carbocycles. The zero-order chi connectivity index (χ0) is 18.7. The quantitative estimate of drug-likeness (QED) is 0.526. The van der Waals surface area contributed by atoms with Crippen molar-refractivity contribution in [3.8, 4) is 0 Å². The van der Waals surface area contributed by atoms with E-state index >= 15 is 0 Å². The molecule has 3 rings (SSSR count). The molecule has 26 heavy (non-hydrogen) atoms. The Morgan fingerprint density at radius 3 is 2.77 bits per heavy atom. The number of fused-ring (bicyclic) bond motifs is 1. The number of halogens is 1. The van der Waals surface area contributed by atoms with Crippen molar-refractivity contribution in [1.82, 2.24) is 5.32 Å². The van der Waals surface area contributed by atoms with Crippen LogP contribution < -0.4 is 11.1 Å². The number of furan rings is 1. The van der Waals surface area contributed by atoms with E-state index in [4.69, 9.17) is 26.5 Å². The Kier molecular flexibility index (Phi) is 5.14. The van der Waals surface area contributed by atoms with Crippen LogP contribution >= 0.6 is 11.6 Å². The molecule has 0 aliphatic carbocycles. The summed E-state index contributed by atoms with van der Waals surface area (Å²) in [5, 5.41) is 4.03. The fourth-order valence-corrected chi connectivity index (χ4v) is 2.66. The molecule has 0 saturated heterocycles. The van der Waals surface area contributed by atoms with Gasteiger partial charge in [-0.05, 0) is 37.3 Å². The summed E-state index contributed by atoms with van der Waals surface area (Å²) < 4.78 is 10.7. The van der Waals surface area contributed by atoms with Gasteiger partial charge < -0.3 is 20.2 Å². The van der Waals surface area contributed by atoms with Crippen LogP contribution in [-0.4, -0.2) is 18.5 Å². The average Bonchev–Trinajstić information content (AvgIpc) is 3.06. The second-order valence-corrected chi connectivity index (χ2v) is 6.22. The molecule has 0 spiro atoms. The summed E-state index contributed by atoms with van der Waals surface area (Å²) in [6.45, 7) is 1.35. The fraction of sp³-hybridized carbons (Fsp3) is 0.158. The maximum atomic E-state index is 12.0. The van der Waals surface area contributed by atoms with E-state index in [9.17, 15) is 9.59 Å². The SMILES string of the molecule is C[C@H](NC(=O)COC(=O)c1cc(Cl)ccc1N)c1cc2ccccc2o1. The molecule has 7 heteroatoms. The van der Waals surface area contributed by atoms with Crippen LogP contribution in [0.15, 0.2) is 52.9 Å². The highest BCUT2D eigenvalue weighted by atomic mass is 35.5. The van der Waals surface area contributed by atoms with Gasteiger partial charge in [-0.3, -0.25) is 4.79 Å². The molecule has 0 bridgehead atoms. The average molecular weight is 373 g/mol. The van der Waals surface area contributed by atoms with Crippen LogP contribution in [0.3, 0.4) is 0 Å². The Morgan fingerprint density at radius 2 is 2.00 bits per heavy atom. The van der Waals surface area contributed by atoms with Crippen molar-refractivity contribution in [3.05, 3.63) is 64.9 Å². The number of hydrogen-bond acceptors (Lipinski definition) is 5. The van der Waals surface area contributed by atoms with E-state index in [2.05, 4.69) is 5.32 Å². The predicted molar refractivity (Wildman–Crippen MR) is 98.9 cm³/mol. The lowest BCUT2D eigenvalue weighted by molar-refractivity contribution is -0.125. The van der Waals surface area contributed by atoms with Gasteiger partial charge in [-0.1, -0.05) is 29.8 Å². The van der Waals surface area contributed by atoms with E-state index in [1.54, 1.807) is 13.0 Å². The molecule has 1 amide bonds. The van der Waals surface area contributed by atoms with E-state index in [-0.39, 0.29) is 17.3 Å². The van der Waals surface area contributed by atoms with Crippen molar-refractivity contribution in [2.45, 2.75) is 13.0 Å². The Morgan fingerprint density at radius 1 is 1.23 bits per heavy atom. The van der Waals surface area contributed by atoms with Crippen LogP contribution in [0.25, 0.3) is 11.0 Å². The molecule has 3 aromatic rings. The number of amides is 1. The second-order valence-electron chi connectivity index (χ2n) is 5.78. The van der Waals surface area contributed by atoms with E-state index in [0.29, 0.717) is 10.8 Å². The van der Waals surface area contributed by atoms with Crippen molar-refractivity contribution >= 4 is 40.1 Å². The number of hydrogen-bond donors (Lipinski definition) is 2. The van der Waals surface area contributed by atoms with Gasteiger partial charge in [-0.25, -0.2) is 4.79 Å². The molecule has 0 aliphatic rings. The van der Waals surface area contributed by atoms with E-state index < -0.39 is 18.5 Å². The number of esters is 1. The number of carbonyl (C=O) groups excluding carboxylic acids is 2. The zero-order valence-electron chi connectivity index (χ0n) is 14.0. The molecule has 1 atom stereocenters. The first-order valence-corrected chi connectivity index (χ1v) is 8.32. The van der Waals surface area contributed by atoms with Crippen molar-refractivity contribution in [2.24, 2.45) is 0 Å². The van der Waals surface area contributed by atoms with Crippen molar-refractivity contribution in [2.75, 3.05) is 12.3 Å². The Bertz CT molecular complexity index is 934. The van der Waals surface area contributed by atoms with Gasteiger partial charge in [0.1, 0.15) is 11.3 Å². The number of benzene rings is 2. The summed E-state index contributed by atoms with van der Waals surface area (Å²) in [7, 11) is 0. The van der Waals surface area contributed by atoms with Crippen LogP contribution in [0.4, 0.5) is 5.69 Å². The van der Waals surface area contributed by atoms with E-state index in [1.165, 1.54) is 12.1 Å². The first-order valence-electron chi connectivity index (χ1n) is 7.94. The Hall–Kier alpha value is -2.99. The maximum absolute atomic E-state index is 12.0. The smallest absolute Gasteiger partial charge is 0.340 e. The van der Waals surface area contributed by atoms with Gasteiger partial charge in [0.05, 0.1) is 11.6 Å². The molecule has 0 radical (unpaired) electrons. The van der Waals surface area contributed by atoms with Crippen LogP contribution in [0.5, 0.6) is 0 Å². The number of rotatable bonds is 5. The highest BCUT2D eigenvalue weighted by Gasteiger charge is 2.17. The van der Waals surface area contributed by atoms with Crippen molar-refractivity contribution < 1.29 is 18.7 Å². The monoisotopic (exact) mass is 372 g/mol. The summed E-state index contributed by atoms with van der Waals surface area (Å²) in [5.41, 5.74) is 6.81. The summed E-state index contributed by atoms with van der Waals surface area (Å²) in [6, 6.07) is 13.5. The van der Waals surface area contributed by atoms with E-state index in [1.807, 2.05) is 30.3 Å². The third kappa shape index (κ3) is 3.97. The van der Waals surface area contributed by atoms with Crippen LogP contribution in [-0.2, 0) is 9.53 Å². The standard InChI is InChI=1S/C19H17ClN2O4/c1-11(17-8-12-4-2-3-5-16(12)26-17)22-18(23)10-25-19(24)14-9-13(20)6-7-15(14)21/h2-9,11H,10,21H2,1H3,(H,22,23)/t11-/m0/s1. The number of anilines is 1. The lowest BCUT2D eigenvalue weighted by Crippen LogP contribution is -2.31. The molecule has 3 N–H and O–H groups in total. The first kappa shape index (κ1) is 17.8. The van der Waals surface area contributed by atoms with Crippen LogP contribution in [0, 0.1) is 0 Å². The Balaban J connectivity index is 1.58. The fourth-order valence-electron chi connectivity index (χ4n) is 2.48. The van der Waals surface area contributed by atoms with Gasteiger partial charge in [0.2, 0.25) is 0 Å². The predicted octanol–water partition coefficient (Wildman–Crippen LogP) is 3.70. The summed E-state index contributed by atoms with van der Waals surface area (Å²) in [6.07, 6.45) is 0. The molecule has 0 aliphatic heterocycles. The van der Waals surface area contributed by atoms with Gasteiger partial charge in [0.15, 0.2) is 6.61 Å². The highest BCUT2D eigenvalue weighted by molar-refractivity contribution is 6.31. The molecule has 2 aromatic carbocycles. The van der Waals surface area contributed by atoms with Crippen molar-refractivity contribution in [1.29, 1.82) is 0 Å². The van der Waals surface area contributed by atoms with Gasteiger partial charge in [-0.15, -0.1) is 0 Å². The molecule has 6 nitrogen and oxygen atoms in total. The largest absolute Gasteiger partial charge is 0.459 e.